The fourth-order valence-corrected chi connectivity index (χ4v) is 1.62. The molecule has 0 saturated heterocycles. The van der Waals surface area contributed by atoms with Gasteiger partial charge in [0.2, 0.25) is 0 Å². The molecule has 0 amide bonds. The summed E-state index contributed by atoms with van der Waals surface area (Å²) in [5.74, 6) is -1.32. The van der Waals surface area contributed by atoms with Gasteiger partial charge in [0.05, 0.1) is 11.5 Å². The molecule has 0 aliphatic rings. The molecule has 0 aromatic carbocycles. The summed E-state index contributed by atoms with van der Waals surface area (Å²) in [6.45, 7) is 0. The van der Waals surface area contributed by atoms with Crippen LogP contribution in [0.25, 0.3) is 0 Å². The molecular weight excluding hydrogens is 242 g/mol. The van der Waals surface area contributed by atoms with Crippen molar-refractivity contribution in [2.45, 2.75) is 6.42 Å². The predicted molar refractivity (Wildman–Crippen MR) is 39.7 cm³/mol. The van der Waals surface area contributed by atoms with E-state index in [1.54, 1.807) is 0 Å². The predicted octanol–water partition coefficient (Wildman–Crippen LogP) is -6.61. The van der Waals surface area contributed by atoms with Crippen LogP contribution in [0.15, 0.2) is 0 Å². The molecule has 0 atom stereocenters. The summed E-state index contributed by atoms with van der Waals surface area (Å²) in [5, 5.41) is 0. The molecule has 0 radical (unpaired) electrons. The van der Waals surface area contributed by atoms with Crippen LogP contribution in [0.4, 0.5) is 0 Å². The van der Waals surface area contributed by atoms with Gasteiger partial charge in [-0.2, -0.15) is 16.8 Å². The van der Waals surface area contributed by atoms with Gasteiger partial charge < -0.3 is 2.85 Å². The molecular formula is C3H10Na2O6S2. The normalized spacial score (nSPS) is 11.2. The van der Waals surface area contributed by atoms with Crippen LogP contribution in [0.3, 0.4) is 0 Å². The maximum absolute atomic E-state index is 10.00. The zero-order valence-electron chi connectivity index (χ0n) is 9.47. The van der Waals surface area contributed by atoms with Crippen molar-refractivity contribution in [1.82, 2.24) is 0 Å². The molecule has 2 N–H and O–H groups in total. The van der Waals surface area contributed by atoms with Gasteiger partial charge in [0.25, 0.3) is 20.2 Å². The Kier molecular flexibility index (Phi) is 12.5. The van der Waals surface area contributed by atoms with E-state index in [1.165, 1.54) is 0 Å². The van der Waals surface area contributed by atoms with E-state index in [1.807, 2.05) is 0 Å². The summed E-state index contributed by atoms with van der Waals surface area (Å²) in [7, 11) is -8.24. The Hall–Kier alpha value is 1.82. The SMILES string of the molecule is O=S(=O)(O)CCCS(=O)(=O)O.[H-].[H-].[Na+].[Na+]. The third-order valence-electron chi connectivity index (χ3n) is 0.805. The van der Waals surface area contributed by atoms with Crippen LogP contribution >= 0.6 is 0 Å². The average Bonchev–Trinajstić information content (AvgIpc) is 1.55. The summed E-state index contributed by atoms with van der Waals surface area (Å²) in [5.41, 5.74) is 0. The van der Waals surface area contributed by atoms with E-state index in [9.17, 15) is 16.8 Å². The Balaban J connectivity index is -0.0000000833. The Bertz CT molecular complexity index is 281. The summed E-state index contributed by atoms with van der Waals surface area (Å²) in [4.78, 5) is 0. The minimum absolute atomic E-state index is 0. The van der Waals surface area contributed by atoms with E-state index in [2.05, 4.69) is 0 Å². The molecule has 0 aliphatic heterocycles. The zero-order valence-corrected chi connectivity index (χ0v) is 13.1. The molecule has 10 heteroatoms. The number of hydrogen-bond acceptors (Lipinski definition) is 4. The summed E-state index contributed by atoms with van der Waals surface area (Å²) in [6, 6.07) is 0. The minimum atomic E-state index is -4.12. The summed E-state index contributed by atoms with van der Waals surface area (Å²) in [6.07, 6.45) is -0.308. The first-order chi connectivity index (χ1) is 4.71. The molecule has 6 nitrogen and oxygen atoms in total. The smallest absolute Gasteiger partial charge is 1.00 e. The van der Waals surface area contributed by atoms with Gasteiger partial charge in [-0.15, -0.1) is 0 Å². The van der Waals surface area contributed by atoms with Gasteiger partial charge in [-0.1, -0.05) is 0 Å². The first kappa shape index (κ1) is 20.3. The van der Waals surface area contributed by atoms with Crippen LogP contribution in [-0.4, -0.2) is 37.4 Å². The first-order valence-electron chi connectivity index (χ1n) is 2.61. The van der Waals surface area contributed by atoms with Crippen molar-refractivity contribution in [2.75, 3.05) is 11.5 Å². The largest absolute Gasteiger partial charge is 1.00 e. The second-order valence-electron chi connectivity index (χ2n) is 1.93. The third-order valence-corrected chi connectivity index (χ3v) is 2.41. The van der Waals surface area contributed by atoms with E-state index in [-0.39, 0.29) is 68.4 Å². The van der Waals surface area contributed by atoms with Gasteiger partial charge in [0.1, 0.15) is 0 Å². The average molecular weight is 252 g/mol. The zero-order chi connectivity index (χ0) is 9.12. The third kappa shape index (κ3) is 20.0. The van der Waals surface area contributed by atoms with Crippen LogP contribution in [0.2, 0.25) is 0 Å². The van der Waals surface area contributed by atoms with E-state index in [0.29, 0.717) is 0 Å². The van der Waals surface area contributed by atoms with Crippen molar-refractivity contribution in [3.8, 4) is 0 Å². The molecule has 0 aliphatic carbocycles. The van der Waals surface area contributed by atoms with Crippen LogP contribution in [0.1, 0.15) is 9.27 Å². The maximum Gasteiger partial charge on any atom is 1.00 e. The molecule has 72 valence electrons. The van der Waals surface area contributed by atoms with E-state index in [4.69, 9.17) is 9.11 Å². The van der Waals surface area contributed by atoms with Gasteiger partial charge in [-0.3, -0.25) is 9.11 Å². The van der Waals surface area contributed by atoms with Crippen LogP contribution < -0.4 is 59.1 Å². The van der Waals surface area contributed by atoms with Crippen molar-refractivity contribution in [3.05, 3.63) is 0 Å². The molecule has 0 rings (SSSR count). The Morgan fingerprint density at radius 2 is 1.08 bits per heavy atom. The van der Waals surface area contributed by atoms with E-state index >= 15 is 0 Å². The molecule has 0 aromatic rings. The van der Waals surface area contributed by atoms with Crippen LogP contribution in [-0.2, 0) is 20.2 Å². The Morgan fingerprint density at radius 3 is 1.23 bits per heavy atom. The standard InChI is InChI=1S/C3H8O6S2.2Na.2H/c4-10(5,6)2-1-3-11(7,8)9;;;;/h1-3H2,(H,4,5,6)(H,7,8,9);;;;/q;2*+1;2*-1. The fourth-order valence-electron chi connectivity index (χ4n) is 0.424. The Morgan fingerprint density at radius 1 is 0.846 bits per heavy atom. The number of rotatable bonds is 4. The van der Waals surface area contributed by atoms with E-state index in [0.717, 1.165) is 0 Å². The van der Waals surface area contributed by atoms with Gasteiger partial charge in [0, 0.05) is 0 Å². The Labute approximate surface area is 125 Å². The van der Waals surface area contributed by atoms with Crippen molar-refractivity contribution < 1.29 is 87.9 Å². The fraction of sp³-hybridized carbons (Fsp3) is 1.00. The minimum Gasteiger partial charge on any atom is -1.00 e. The second kappa shape index (κ2) is 8.03. The molecule has 13 heavy (non-hydrogen) atoms. The van der Waals surface area contributed by atoms with Crippen molar-refractivity contribution >= 4 is 20.2 Å². The summed E-state index contributed by atoms with van der Waals surface area (Å²) < 4.78 is 56.2. The molecule has 0 heterocycles. The maximum atomic E-state index is 10.00. The van der Waals surface area contributed by atoms with E-state index < -0.39 is 31.7 Å². The van der Waals surface area contributed by atoms with Crippen LogP contribution in [0, 0.1) is 0 Å². The van der Waals surface area contributed by atoms with Gasteiger partial charge in [-0.05, 0) is 6.42 Å². The van der Waals surface area contributed by atoms with Gasteiger partial charge in [-0.25, -0.2) is 0 Å². The molecule has 0 bridgehead atoms. The topological polar surface area (TPSA) is 109 Å². The van der Waals surface area contributed by atoms with Gasteiger partial charge >= 0.3 is 59.1 Å². The molecule has 0 saturated carbocycles. The van der Waals surface area contributed by atoms with Gasteiger partial charge in [0.15, 0.2) is 0 Å². The number of hydrogen-bond donors (Lipinski definition) is 2. The second-order valence-corrected chi connectivity index (χ2v) is 5.07. The molecule has 0 unspecified atom stereocenters. The first-order valence-corrected chi connectivity index (χ1v) is 5.83. The monoisotopic (exact) mass is 252 g/mol. The van der Waals surface area contributed by atoms with Crippen molar-refractivity contribution in [2.24, 2.45) is 0 Å². The van der Waals surface area contributed by atoms with Crippen molar-refractivity contribution in [3.63, 3.8) is 0 Å². The van der Waals surface area contributed by atoms with Crippen LogP contribution in [0.5, 0.6) is 0 Å². The summed E-state index contributed by atoms with van der Waals surface area (Å²) >= 11 is 0. The molecule has 0 spiro atoms. The van der Waals surface area contributed by atoms with Crippen molar-refractivity contribution in [1.29, 1.82) is 0 Å². The molecule has 0 fully saturated rings. The molecule has 0 aromatic heterocycles. The quantitative estimate of drug-likeness (QED) is 0.380.